The first-order valence-electron chi connectivity index (χ1n) is 9.20. The van der Waals surface area contributed by atoms with Gasteiger partial charge < -0.3 is 15.4 Å². The number of esters is 1. The van der Waals surface area contributed by atoms with Gasteiger partial charge in [0.05, 0.1) is 12.7 Å². The lowest BCUT2D eigenvalue weighted by molar-refractivity contribution is 0.0602. The number of aryl methyl sites for hydroxylation is 1. The minimum atomic E-state index is -0.360. The molecular weight excluding hydrogens is 376 g/mol. The first-order valence-corrected chi connectivity index (χ1v) is 10.4. The Morgan fingerprint density at radius 3 is 2.22 bits per heavy atom. The SMILES string of the molecule is CCc1cc(C(=O)OC)c(NC(=S)Nc2c(C(C)C)cccc2C(C)C)s1. The third kappa shape index (κ3) is 5.08. The monoisotopic (exact) mass is 404 g/mol. The molecule has 0 saturated heterocycles. The summed E-state index contributed by atoms with van der Waals surface area (Å²) in [5.41, 5.74) is 4.01. The number of hydrogen-bond acceptors (Lipinski definition) is 4. The maximum atomic E-state index is 12.1. The molecule has 0 aliphatic heterocycles. The third-order valence-corrected chi connectivity index (χ3v) is 5.77. The topological polar surface area (TPSA) is 50.4 Å². The highest BCUT2D eigenvalue weighted by Crippen LogP contribution is 2.33. The molecule has 0 aliphatic carbocycles. The zero-order valence-corrected chi connectivity index (χ0v) is 18.4. The third-order valence-electron chi connectivity index (χ3n) is 4.38. The summed E-state index contributed by atoms with van der Waals surface area (Å²) < 4.78 is 4.90. The van der Waals surface area contributed by atoms with Gasteiger partial charge in [0.1, 0.15) is 5.00 Å². The Morgan fingerprint density at radius 1 is 1.15 bits per heavy atom. The van der Waals surface area contributed by atoms with Crippen molar-refractivity contribution in [2.45, 2.75) is 52.9 Å². The molecule has 1 aromatic carbocycles. The van der Waals surface area contributed by atoms with E-state index in [1.165, 1.54) is 29.6 Å². The molecule has 0 unspecified atom stereocenters. The van der Waals surface area contributed by atoms with Crippen molar-refractivity contribution in [1.82, 2.24) is 0 Å². The highest BCUT2D eigenvalue weighted by atomic mass is 32.1. The second-order valence-electron chi connectivity index (χ2n) is 7.00. The molecule has 1 heterocycles. The van der Waals surface area contributed by atoms with Gasteiger partial charge in [0.15, 0.2) is 5.11 Å². The number of ether oxygens (including phenoxy) is 1. The molecule has 0 bridgehead atoms. The molecule has 0 spiro atoms. The molecule has 2 rings (SSSR count). The molecule has 0 aliphatic rings. The van der Waals surface area contributed by atoms with E-state index in [4.69, 9.17) is 17.0 Å². The van der Waals surface area contributed by atoms with Crippen LogP contribution in [0, 0.1) is 0 Å². The lowest BCUT2D eigenvalue weighted by Gasteiger charge is -2.21. The molecule has 2 N–H and O–H groups in total. The van der Waals surface area contributed by atoms with Crippen LogP contribution < -0.4 is 10.6 Å². The quantitative estimate of drug-likeness (QED) is 0.446. The summed E-state index contributed by atoms with van der Waals surface area (Å²) in [5, 5.41) is 7.76. The Kier molecular flexibility index (Phi) is 7.39. The van der Waals surface area contributed by atoms with Crippen molar-refractivity contribution in [1.29, 1.82) is 0 Å². The van der Waals surface area contributed by atoms with Crippen LogP contribution in [0.5, 0.6) is 0 Å². The number of para-hydroxylation sites is 1. The molecule has 6 heteroatoms. The van der Waals surface area contributed by atoms with Gasteiger partial charge in [-0.25, -0.2) is 4.79 Å². The number of hydrogen-bond donors (Lipinski definition) is 2. The van der Waals surface area contributed by atoms with Crippen LogP contribution in [-0.4, -0.2) is 18.2 Å². The van der Waals surface area contributed by atoms with Crippen molar-refractivity contribution in [3.8, 4) is 0 Å². The van der Waals surface area contributed by atoms with Crippen molar-refractivity contribution >= 4 is 45.3 Å². The zero-order chi connectivity index (χ0) is 20.1. The number of anilines is 2. The van der Waals surface area contributed by atoms with Crippen LogP contribution in [0.2, 0.25) is 0 Å². The zero-order valence-electron chi connectivity index (χ0n) is 16.8. The van der Waals surface area contributed by atoms with Crippen LogP contribution in [0.15, 0.2) is 24.3 Å². The number of carbonyl (C=O) groups excluding carboxylic acids is 1. The van der Waals surface area contributed by atoms with E-state index in [2.05, 4.69) is 63.5 Å². The number of rotatable bonds is 6. The van der Waals surface area contributed by atoms with Crippen LogP contribution in [0.1, 0.15) is 72.8 Å². The molecule has 0 saturated carbocycles. The molecule has 27 heavy (non-hydrogen) atoms. The minimum Gasteiger partial charge on any atom is -0.465 e. The summed E-state index contributed by atoms with van der Waals surface area (Å²) in [5.74, 6) is 0.378. The van der Waals surface area contributed by atoms with Crippen molar-refractivity contribution in [2.24, 2.45) is 0 Å². The fourth-order valence-corrected chi connectivity index (χ4v) is 4.17. The maximum Gasteiger partial charge on any atom is 0.340 e. The second-order valence-corrected chi connectivity index (χ2v) is 8.55. The number of benzene rings is 1. The minimum absolute atomic E-state index is 0.360. The Labute approximate surface area is 171 Å². The molecule has 146 valence electrons. The highest BCUT2D eigenvalue weighted by Gasteiger charge is 2.19. The van der Waals surface area contributed by atoms with Crippen LogP contribution >= 0.6 is 23.6 Å². The van der Waals surface area contributed by atoms with Crippen LogP contribution in [0.25, 0.3) is 0 Å². The van der Waals surface area contributed by atoms with Crippen molar-refractivity contribution in [3.05, 3.63) is 45.8 Å². The molecule has 4 nitrogen and oxygen atoms in total. The predicted molar refractivity (Wildman–Crippen MR) is 119 cm³/mol. The number of carbonyl (C=O) groups is 1. The molecule has 0 atom stereocenters. The molecule has 0 radical (unpaired) electrons. The van der Waals surface area contributed by atoms with E-state index in [1.807, 2.05) is 6.07 Å². The van der Waals surface area contributed by atoms with E-state index in [0.717, 1.165) is 17.0 Å². The van der Waals surface area contributed by atoms with Crippen LogP contribution in [0.3, 0.4) is 0 Å². The van der Waals surface area contributed by atoms with Gasteiger partial charge in [0.25, 0.3) is 0 Å². The number of nitrogens with one attached hydrogen (secondary N) is 2. The van der Waals surface area contributed by atoms with Gasteiger partial charge in [0.2, 0.25) is 0 Å². The van der Waals surface area contributed by atoms with Crippen molar-refractivity contribution in [3.63, 3.8) is 0 Å². The van der Waals surface area contributed by atoms with Gasteiger partial charge in [0, 0.05) is 10.6 Å². The van der Waals surface area contributed by atoms with Gasteiger partial charge in [-0.1, -0.05) is 52.8 Å². The highest BCUT2D eigenvalue weighted by molar-refractivity contribution is 7.80. The summed E-state index contributed by atoms with van der Waals surface area (Å²) in [6.45, 7) is 10.7. The fraction of sp³-hybridized carbons (Fsp3) is 0.429. The Balaban J connectivity index is 2.32. The largest absolute Gasteiger partial charge is 0.465 e. The summed E-state index contributed by atoms with van der Waals surface area (Å²) in [4.78, 5) is 13.2. The van der Waals surface area contributed by atoms with Crippen LogP contribution in [-0.2, 0) is 11.2 Å². The van der Waals surface area contributed by atoms with Gasteiger partial charge >= 0.3 is 5.97 Å². The normalized spacial score (nSPS) is 11.0. The van der Waals surface area contributed by atoms with E-state index in [0.29, 0.717) is 27.5 Å². The van der Waals surface area contributed by atoms with Gasteiger partial charge in [-0.15, -0.1) is 11.3 Å². The van der Waals surface area contributed by atoms with Crippen molar-refractivity contribution in [2.75, 3.05) is 17.7 Å². The van der Waals surface area contributed by atoms with E-state index < -0.39 is 0 Å². The fourth-order valence-electron chi connectivity index (χ4n) is 2.91. The molecule has 1 aromatic heterocycles. The Bertz CT molecular complexity index is 799. The first kappa shape index (κ1) is 21.4. The molecule has 0 amide bonds. The predicted octanol–water partition coefficient (Wildman–Crippen LogP) is 6.15. The van der Waals surface area contributed by atoms with E-state index in [-0.39, 0.29) is 5.97 Å². The Hall–Kier alpha value is -1.92. The molecule has 0 fully saturated rings. The average Bonchev–Trinajstić information content (AvgIpc) is 3.03. The second kappa shape index (κ2) is 9.33. The van der Waals surface area contributed by atoms with Crippen molar-refractivity contribution < 1.29 is 9.53 Å². The van der Waals surface area contributed by atoms with Gasteiger partial charge in [-0.3, -0.25) is 0 Å². The summed E-state index contributed by atoms with van der Waals surface area (Å²) in [6.07, 6.45) is 0.851. The smallest absolute Gasteiger partial charge is 0.340 e. The summed E-state index contributed by atoms with van der Waals surface area (Å²) >= 11 is 7.09. The van der Waals surface area contributed by atoms with Crippen LogP contribution in [0.4, 0.5) is 10.7 Å². The lowest BCUT2D eigenvalue weighted by atomic mass is 9.93. The number of thiocarbonyl (C=S) groups is 1. The van der Waals surface area contributed by atoms with E-state index in [1.54, 1.807) is 0 Å². The number of methoxy groups -OCH3 is 1. The summed E-state index contributed by atoms with van der Waals surface area (Å²) in [6, 6.07) is 8.21. The van der Waals surface area contributed by atoms with E-state index in [9.17, 15) is 4.79 Å². The van der Waals surface area contributed by atoms with E-state index >= 15 is 0 Å². The maximum absolute atomic E-state index is 12.1. The first-order chi connectivity index (χ1) is 12.8. The standard InChI is InChI=1S/C21H28N2O2S2/c1-7-14-11-17(20(24)25-6)19(27-14)23-21(26)22-18-15(12(2)3)9-8-10-16(18)13(4)5/h8-13H,7H2,1-6H3,(H2,22,23,26). The Morgan fingerprint density at radius 2 is 1.74 bits per heavy atom. The lowest BCUT2D eigenvalue weighted by Crippen LogP contribution is -2.22. The molecule has 2 aromatic rings. The number of thiophene rings is 1. The average molecular weight is 405 g/mol. The van der Waals surface area contributed by atoms with Gasteiger partial charge in [-0.2, -0.15) is 0 Å². The molecular formula is C21H28N2O2S2. The van der Waals surface area contributed by atoms with Gasteiger partial charge in [-0.05, 0) is 47.7 Å². The summed E-state index contributed by atoms with van der Waals surface area (Å²) in [7, 11) is 1.39.